The first-order valence-corrected chi connectivity index (χ1v) is 9.40. The molecule has 0 atom stereocenters. The zero-order valence-corrected chi connectivity index (χ0v) is 15.5. The Morgan fingerprint density at radius 3 is 2.67 bits per heavy atom. The number of aryl methyl sites for hydroxylation is 1. The largest absolute Gasteiger partial charge is 0.477 e. The second-order valence-corrected chi connectivity index (χ2v) is 7.29. The van der Waals surface area contributed by atoms with E-state index in [1.807, 2.05) is 12.1 Å². The SMILES string of the molecule is CCn1c2ccccc2c2cc(-c3ccc(/C=C(/C#N)C(=O)O)s3)ccc21. The van der Waals surface area contributed by atoms with Gasteiger partial charge in [-0.25, -0.2) is 4.79 Å². The highest BCUT2D eigenvalue weighted by molar-refractivity contribution is 7.16. The highest BCUT2D eigenvalue weighted by Gasteiger charge is 2.12. The number of hydrogen-bond acceptors (Lipinski definition) is 3. The maximum atomic E-state index is 11.0. The van der Waals surface area contributed by atoms with E-state index in [1.165, 1.54) is 39.2 Å². The molecule has 0 radical (unpaired) electrons. The summed E-state index contributed by atoms with van der Waals surface area (Å²) in [7, 11) is 0. The third-order valence-corrected chi connectivity index (χ3v) is 5.72. The van der Waals surface area contributed by atoms with Crippen molar-refractivity contribution in [2.75, 3.05) is 0 Å². The van der Waals surface area contributed by atoms with Crippen LogP contribution in [0, 0.1) is 11.3 Å². The number of nitriles is 1. The number of carbonyl (C=O) groups is 1. The summed E-state index contributed by atoms with van der Waals surface area (Å²) in [5.41, 5.74) is 3.25. The molecule has 2 heterocycles. The van der Waals surface area contributed by atoms with Gasteiger partial charge in [0.05, 0.1) is 0 Å². The third kappa shape index (κ3) is 2.90. The van der Waals surface area contributed by atoms with Gasteiger partial charge in [-0.2, -0.15) is 5.26 Å². The number of rotatable bonds is 4. The summed E-state index contributed by atoms with van der Waals surface area (Å²) in [5.74, 6) is -1.21. The molecule has 5 heteroatoms. The first kappa shape index (κ1) is 17.1. The number of thiophene rings is 1. The molecule has 4 nitrogen and oxygen atoms in total. The van der Waals surface area contributed by atoms with Gasteiger partial charge in [0, 0.05) is 38.1 Å². The standard InChI is InChI=1S/C22H16N2O2S/c1-2-24-19-6-4-3-5-17(19)18-12-14(7-9-20(18)24)21-10-8-16(27-21)11-15(13-23)22(25)26/h3-12H,2H2,1H3,(H,25,26)/b15-11-. The highest BCUT2D eigenvalue weighted by atomic mass is 32.1. The average Bonchev–Trinajstić information content (AvgIpc) is 3.27. The van der Waals surface area contributed by atoms with Gasteiger partial charge < -0.3 is 9.67 Å². The Bertz CT molecular complexity index is 1250. The lowest BCUT2D eigenvalue weighted by Crippen LogP contribution is -1.96. The number of aromatic nitrogens is 1. The summed E-state index contributed by atoms with van der Waals surface area (Å²) in [6.45, 7) is 3.05. The molecule has 27 heavy (non-hydrogen) atoms. The average molecular weight is 372 g/mol. The monoisotopic (exact) mass is 372 g/mol. The van der Waals surface area contributed by atoms with E-state index >= 15 is 0 Å². The number of fused-ring (bicyclic) bond motifs is 3. The van der Waals surface area contributed by atoms with Crippen LogP contribution < -0.4 is 0 Å². The van der Waals surface area contributed by atoms with Gasteiger partial charge in [-0.05, 0) is 48.9 Å². The van der Waals surface area contributed by atoms with Crippen LogP contribution in [0.4, 0.5) is 0 Å². The summed E-state index contributed by atoms with van der Waals surface area (Å²) in [6.07, 6.45) is 1.41. The van der Waals surface area contributed by atoms with E-state index in [1.54, 1.807) is 6.07 Å². The van der Waals surface area contributed by atoms with Gasteiger partial charge in [0.15, 0.2) is 0 Å². The second kappa shape index (κ2) is 6.75. The molecule has 1 N–H and O–H groups in total. The van der Waals surface area contributed by atoms with Gasteiger partial charge in [-0.15, -0.1) is 11.3 Å². The Kier molecular flexibility index (Phi) is 4.27. The topological polar surface area (TPSA) is 66.0 Å². The van der Waals surface area contributed by atoms with Crippen LogP contribution in [0.15, 0.2) is 60.2 Å². The van der Waals surface area contributed by atoms with Gasteiger partial charge >= 0.3 is 5.97 Å². The van der Waals surface area contributed by atoms with Crippen LogP contribution in [0.5, 0.6) is 0 Å². The Labute approximate surface area is 160 Å². The minimum Gasteiger partial charge on any atom is -0.477 e. The fourth-order valence-electron chi connectivity index (χ4n) is 3.42. The van der Waals surface area contributed by atoms with E-state index in [2.05, 4.69) is 54.0 Å². The molecule has 4 aromatic rings. The van der Waals surface area contributed by atoms with E-state index in [0.717, 1.165) is 21.9 Å². The van der Waals surface area contributed by atoms with Gasteiger partial charge in [0.25, 0.3) is 0 Å². The summed E-state index contributed by atoms with van der Waals surface area (Å²) < 4.78 is 2.31. The highest BCUT2D eigenvalue weighted by Crippen LogP contribution is 2.35. The number of carboxylic acid groups (broad SMARTS) is 1. The van der Waals surface area contributed by atoms with Crippen LogP contribution in [0.2, 0.25) is 0 Å². The lowest BCUT2D eigenvalue weighted by atomic mass is 10.1. The molecule has 0 saturated carbocycles. The predicted octanol–water partition coefficient (Wildman–Crippen LogP) is 5.53. The molecule has 0 aliphatic rings. The molecule has 0 spiro atoms. The Balaban J connectivity index is 1.83. The molecule has 0 fully saturated rings. The molecule has 4 rings (SSSR count). The minimum atomic E-state index is -1.21. The van der Waals surface area contributed by atoms with E-state index < -0.39 is 5.97 Å². The van der Waals surface area contributed by atoms with Crippen LogP contribution >= 0.6 is 11.3 Å². The maximum absolute atomic E-state index is 11.0. The minimum absolute atomic E-state index is 0.259. The quantitative estimate of drug-likeness (QED) is 0.378. The number of para-hydroxylation sites is 1. The van der Waals surface area contributed by atoms with Crippen molar-refractivity contribution in [1.29, 1.82) is 5.26 Å². The van der Waals surface area contributed by atoms with E-state index in [0.29, 0.717) is 0 Å². The number of carboxylic acids is 1. The van der Waals surface area contributed by atoms with Gasteiger partial charge in [0.1, 0.15) is 11.6 Å². The van der Waals surface area contributed by atoms with Crippen molar-refractivity contribution in [2.45, 2.75) is 13.5 Å². The molecular formula is C22H16N2O2S. The van der Waals surface area contributed by atoms with Gasteiger partial charge in [-0.3, -0.25) is 0 Å². The van der Waals surface area contributed by atoms with Crippen molar-refractivity contribution in [3.8, 4) is 16.5 Å². The van der Waals surface area contributed by atoms with Crippen LogP contribution in [-0.2, 0) is 11.3 Å². The zero-order chi connectivity index (χ0) is 19.0. The molecular weight excluding hydrogens is 356 g/mol. The van der Waals surface area contributed by atoms with Crippen molar-refractivity contribution in [3.63, 3.8) is 0 Å². The van der Waals surface area contributed by atoms with Gasteiger partial charge in [-0.1, -0.05) is 24.3 Å². The fraction of sp³-hybridized carbons (Fsp3) is 0.0909. The smallest absolute Gasteiger partial charge is 0.346 e. The number of hydrogen-bond donors (Lipinski definition) is 1. The molecule has 0 aliphatic heterocycles. The van der Waals surface area contributed by atoms with Crippen LogP contribution in [-0.4, -0.2) is 15.6 Å². The summed E-state index contributed by atoms with van der Waals surface area (Å²) in [4.78, 5) is 12.8. The van der Waals surface area contributed by atoms with Crippen molar-refractivity contribution < 1.29 is 9.90 Å². The van der Waals surface area contributed by atoms with Crippen LogP contribution in [0.1, 0.15) is 11.8 Å². The molecule has 2 aromatic heterocycles. The van der Waals surface area contributed by atoms with Crippen LogP contribution in [0.25, 0.3) is 38.3 Å². The second-order valence-electron chi connectivity index (χ2n) is 6.17. The first-order valence-electron chi connectivity index (χ1n) is 8.58. The molecule has 2 aromatic carbocycles. The van der Waals surface area contributed by atoms with Crippen molar-refractivity contribution in [2.24, 2.45) is 0 Å². The Hall–Kier alpha value is -3.36. The normalized spacial score (nSPS) is 11.8. The first-order chi connectivity index (χ1) is 13.1. The molecule has 0 unspecified atom stereocenters. The van der Waals surface area contributed by atoms with Gasteiger partial charge in [0.2, 0.25) is 0 Å². The summed E-state index contributed by atoms with van der Waals surface area (Å²) in [6, 6.07) is 20.3. The Morgan fingerprint density at radius 2 is 1.93 bits per heavy atom. The summed E-state index contributed by atoms with van der Waals surface area (Å²) in [5, 5.41) is 20.4. The van der Waals surface area contributed by atoms with Crippen molar-refractivity contribution in [1.82, 2.24) is 4.57 Å². The molecule has 132 valence electrons. The Morgan fingerprint density at radius 1 is 1.15 bits per heavy atom. The molecule has 0 bridgehead atoms. The number of nitrogens with zero attached hydrogens (tertiary/aromatic N) is 2. The zero-order valence-electron chi connectivity index (χ0n) is 14.6. The molecule has 0 saturated heterocycles. The number of aliphatic carboxylic acids is 1. The molecule has 0 aliphatic carbocycles. The van der Waals surface area contributed by atoms with Crippen LogP contribution in [0.3, 0.4) is 0 Å². The molecule has 0 amide bonds. The fourth-order valence-corrected chi connectivity index (χ4v) is 4.36. The lowest BCUT2D eigenvalue weighted by molar-refractivity contribution is -0.132. The summed E-state index contributed by atoms with van der Waals surface area (Å²) >= 11 is 1.48. The van der Waals surface area contributed by atoms with E-state index in [9.17, 15) is 4.79 Å². The third-order valence-electron chi connectivity index (χ3n) is 4.64. The van der Waals surface area contributed by atoms with E-state index in [-0.39, 0.29) is 5.57 Å². The maximum Gasteiger partial charge on any atom is 0.346 e. The number of benzene rings is 2. The van der Waals surface area contributed by atoms with Crippen molar-refractivity contribution in [3.05, 3.63) is 65.0 Å². The van der Waals surface area contributed by atoms with Crippen molar-refractivity contribution >= 4 is 45.2 Å². The predicted molar refractivity (Wildman–Crippen MR) is 110 cm³/mol. The lowest BCUT2D eigenvalue weighted by Gasteiger charge is -2.03. The van der Waals surface area contributed by atoms with E-state index in [4.69, 9.17) is 10.4 Å².